The lowest BCUT2D eigenvalue weighted by molar-refractivity contribution is -0.136. The lowest BCUT2D eigenvalue weighted by Gasteiger charge is -2.12. The molecule has 146 valence electrons. The van der Waals surface area contributed by atoms with Gasteiger partial charge in [0.2, 0.25) is 10.0 Å². The molecule has 0 bridgehead atoms. The molecule has 0 aliphatic carbocycles. The Kier molecular flexibility index (Phi) is 5.71. The third-order valence-electron chi connectivity index (χ3n) is 3.99. The van der Waals surface area contributed by atoms with E-state index >= 15 is 0 Å². The fourth-order valence-electron chi connectivity index (χ4n) is 2.56. The highest BCUT2D eigenvalue weighted by Crippen LogP contribution is 2.23. The van der Waals surface area contributed by atoms with Crippen LogP contribution in [0, 0.1) is 0 Å². The van der Waals surface area contributed by atoms with Crippen molar-refractivity contribution >= 4 is 50.8 Å². The number of carbonyl (C=O) groups is 1. The first-order chi connectivity index (χ1) is 13.3. The van der Waals surface area contributed by atoms with E-state index in [1.807, 2.05) is 43.3 Å². The van der Waals surface area contributed by atoms with Gasteiger partial charge in [-0.1, -0.05) is 29.4 Å². The van der Waals surface area contributed by atoms with Crippen LogP contribution in [0.3, 0.4) is 0 Å². The minimum atomic E-state index is -3.58. The summed E-state index contributed by atoms with van der Waals surface area (Å²) in [6.07, 6.45) is 1.71. The minimum Gasteiger partial charge on any atom is -0.378 e. The van der Waals surface area contributed by atoms with E-state index in [9.17, 15) is 13.2 Å². The average molecular weight is 420 g/mol. The lowest BCUT2D eigenvalue weighted by Crippen LogP contribution is -2.13. The predicted molar refractivity (Wildman–Crippen MR) is 111 cm³/mol. The molecule has 2 aromatic rings. The van der Waals surface area contributed by atoms with Crippen LogP contribution in [-0.2, 0) is 19.7 Å². The van der Waals surface area contributed by atoms with Crippen molar-refractivity contribution in [1.82, 2.24) is 0 Å². The summed E-state index contributed by atoms with van der Waals surface area (Å²) in [5.41, 5.74) is 3.56. The Labute approximate surface area is 168 Å². The number of sulfonamides is 1. The van der Waals surface area contributed by atoms with Crippen molar-refractivity contribution in [2.45, 2.75) is 0 Å². The second-order valence-corrected chi connectivity index (χ2v) is 8.57. The maximum absolute atomic E-state index is 12.1. The zero-order chi connectivity index (χ0) is 20.3. The fraction of sp³-hybridized carbons (Fsp3) is 0.158. The topological polar surface area (TPSA) is 88.1 Å². The molecule has 1 heterocycles. The maximum Gasteiger partial charge on any atom is 0.368 e. The second kappa shape index (κ2) is 8.04. The molecule has 0 fully saturated rings. The summed E-state index contributed by atoms with van der Waals surface area (Å²) in [6, 6.07) is 14.1. The predicted octanol–water partition coefficient (Wildman–Crippen LogP) is 3.04. The lowest BCUT2D eigenvalue weighted by atomic mass is 10.0. The number of hydrogen-bond donors (Lipinski definition) is 1. The summed E-state index contributed by atoms with van der Waals surface area (Å²) >= 11 is 5.38. The largest absolute Gasteiger partial charge is 0.378 e. The average Bonchev–Trinajstić information content (AvgIpc) is 3.03. The molecule has 0 saturated heterocycles. The quantitative estimate of drug-likeness (QED) is 0.441. The molecule has 0 unspecified atom stereocenters. The number of oxime groups is 1. The molecule has 1 aliphatic heterocycles. The molecule has 0 radical (unpaired) electrons. The van der Waals surface area contributed by atoms with Crippen LogP contribution in [0.1, 0.15) is 11.1 Å². The van der Waals surface area contributed by atoms with Crippen molar-refractivity contribution in [3.05, 3.63) is 65.2 Å². The van der Waals surface area contributed by atoms with Gasteiger partial charge in [0.1, 0.15) is 10.9 Å². The molecule has 3 rings (SSSR count). The zero-order valence-electron chi connectivity index (χ0n) is 15.2. The molecular weight excluding hydrogens is 402 g/mol. The Morgan fingerprint density at radius 3 is 2.32 bits per heavy atom. The molecule has 1 aliphatic rings. The van der Waals surface area contributed by atoms with Gasteiger partial charge < -0.3 is 9.74 Å². The van der Waals surface area contributed by atoms with Crippen LogP contribution in [0.4, 0.5) is 11.4 Å². The normalized spacial score (nSPS) is 15.3. The summed E-state index contributed by atoms with van der Waals surface area (Å²) in [7, 11) is 0.313. The van der Waals surface area contributed by atoms with Gasteiger partial charge in [0.15, 0.2) is 0 Å². The van der Waals surface area contributed by atoms with E-state index in [1.165, 1.54) is 0 Å². The van der Waals surface area contributed by atoms with Crippen molar-refractivity contribution in [3.63, 3.8) is 0 Å². The van der Waals surface area contributed by atoms with Gasteiger partial charge in [-0.3, -0.25) is 4.72 Å². The monoisotopic (exact) mass is 419 g/mol. The van der Waals surface area contributed by atoms with Gasteiger partial charge in [-0.25, -0.2) is 13.2 Å². The number of benzene rings is 2. The first-order valence-electron chi connectivity index (χ1n) is 8.25. The SMILES string of the molecule is CN(C)c1ccc(C=C2C(=O)ON=C2c2ccc(NS(=O)(=O)CCl)cc2)cc1. The summed E-state index contributed by atoms with van der Waals surface area (Å²) in [5, 5.41) is 3.32. The number of halogens is 1. The smallest absolute Gasteiger partial charge is 0.368 e. The number of nitrogens with one attached hydrogen (secondary N) is 1. The van der Waals surface area contributed by atoms with Gasteiger partial charge in [-0.2, -0.15) is 0 Å². The van der Waals surface area contributed by atoms with Gasteiger partial charge in [-0.05, 0) is 35.9 Å². The van der Waals surface area contributed by atoms with E-state index in [2.05, 4.69) is 9.88 Å². The summed E-state index contributed by atoms with van der Waals surface area (Å²) in [5.74, 6) is -0.543. The van der Waals surface area contributed by atoms with Crippen LogP contribution in [0.5, 0.6) is 0 Å². The fourth-order valence-corrected chi connectivity index (χ4v) is 3.27. The molecule has 0 amide bonds. The molecule has 0 saturated carbocycles. The summed E-state index contributed by atoms with van der Waals surface area (Å²) in [6.45, 7) is 0. The van der Waals surface area contributed by atoms with Gasteiger partial charge >= 0.3 is 5.97 Å². The second-order valence-electron chi connectivity index (χ2n) is 6.27. The zero-order valence-corrected chi connectivity index (χ0v) is 16.8. The van der Waals surface area contributed by atoms with Crippen LogP contribution in [0.25, 0.3) is 6.08 Å². The van der Waals surface area contributed by atoms with E-state index in [0.29, 0.717) is 22.5 Å². The first-order valence-corrected chi connectivity index (χ1v) is 10.4. The van der Waals surface area contributed by atoms with Crippen molar-refractivity contribution in [3.8, 4) is 0 Å². The van der Waals surface area contributed by atoms with Gasteiger partial charge in [0, 0.05) is 31.0 Å². The molecule has 0 aromatic heterocycles. The number of carbonyl (C=O) groups excluding carboxylic acids is 1. The van der Waals surface area contributed by atoms with Crippen molar-refractivity contribution < 1.29 is 18.0 Å². The van der Waals surface area contributed by atoms with Gasteiger partial charge in [0.25, 0.3) is 0 Å². The molecular formula is C19H18ClN3O4S. The number of hydrogen-bond acceptors (Lipinski definition) is 6. The highest BCUT2D eigenvalue weighted by molar-refractivity contribution is 7.93. The highest BCUT2D eigenvalue weighted by Gasteiger charge is 2.26. The number of alkyl halides is 1. The van der Waals surface area contributed by atoms with Gasteiger partial charge in [0.05, 0.1) is 5.57 Å². The molecule has 2 aromatic carbocycles. The van der Waals surface area contributed by atoms with E-state index < -0.39 is 21.2 Å². The number of rotatable bonds is 6. The van der Waals surface area contributed by atoms with E-state index in [4.69, 9.17) is 16.4 Å². The van der Waals surface area contributed by atoms with Crippen LogP contribution in [-0.4, -0.2) is 39.4 Å². The third-order valence-corrected chi connectivity index (χ3v) is 5.69. The Morgan fingerprint density at radius 1 is 1.11 bits per heavy atom. The van der Waals surface area contributed by atoms with Crippen LogP contribution in [0.2, 0.25) is 0 Å². The minimum absolute atomic E-state index is 0.326. The highest BCUT2D eigenvalue weighted by atomic mass is 35.5. The van der Waals surface area contributed by atoms with Crippen molar-refractivity contribution in [2.24, 2.45) is 5.16 Å². The maximum atomic E-state index is 12.1. The molecule has 28 heavy (non-hydrogen) atoms. The molecule has 7 nitrogen and oxygen atoms in total. The number of anilines is 2. The first kappa shape index (κ1) is 19.9. The standard InChI is InChI=1S/C19H18ClN3O4S/c1-23(2)16-9-3-13(4-10-16)11-17-18(21-27-19(17)24)14-5-7-15(8-6-14)22-28(25,26)12-20/h3-11,22H,12H2,1-2H3. The van der Waals surface area contributed by atoms with E-state index in [-0.39, 0.29) is 0 Å². The van der Waals surface area contributed by atoms with Crippen LogP contribution in [0.15, 0.2) is 59.3 Å². The Hall–Kier alpha value is -2.84. The Bertz CT molecular complexity index is 1040. The Morgan fingerprint density at radius 2 is 1.75 bits per heavy atom. The van der Waals surface area contributed by atoms with Crippen LogP contribution < -0.4 is 9.62 Å². The summed E-state index contributed by atoms with van der Waals surface area (Å²) < 4.78 is 25.4. The van der Waals surface area contributed by atoms with Crippen molar-refractivity contribution in [1.29, 1.82) is 0 Å². The van der Waals surface area contributed by atoms with E-state index in [1.54, 1.807) is 30.3 Å². The third kappa shape index (κ3) is 4.52. The molecule has 1 N–H and O–H groups in total. The van der Waals surface area contributed by atoms with Crippen molar-refractivity contribution in [2.75, 3.05) is 28.9 Å². The number of nitrogens with zero attached hydrogens (tertiary/aromatic N) is 2. The van der Waals surface area contributed by atoms with Crippen LogP contribution >= 0.6 is 11.6 Å². The Balaban J connectivity index is 1.86. The molecule has 0 spiro atoms. The van der Waals surface area contributed by atoms with E-state index in [0.717, 1.165) is 11.3 Å². The van der Waals surface area contributed by atoms with Gasteiger partial charge in [-0.15, -0.1) is 11.6 Å². The molecule has 0 atom stereocenters. The summed E-state index contributed by atoms with van der Waals surface area (Å²) in [4.78, 5) is 18.9. The molecule has 9 heteroatoms.